The molecular formula is C18H18ClFN8O. The van der Waals surface area contributed by atoms with Crippen molar-refractivity contribution in [2.75, 3.05) is 24.2 Å². The number of carbonyl (C=O) groups excluding carboxylic acids is 1. The van der Waals surface area contributed by atoms with Crippen LogP contribution in [0.2, 0.25) is 5.15 Å². The van der Waals surface area contributed by atoms with Crippen LogP contribution in [0, 0.1) is 5.82 Å². The van der Waals surface area contributed by atoms with Gasteiger partial charge >= 0.3 is 0 Å². The highest BCUT2D eigenvalue weighted by Gasteiger charge is 2.33. The third-order valence-corrected chi connectivity index (χ3v) is 4.85. The van der Waals surface area contributed by atoms with Crippen molar-refractivity contribution in [3.05, 3.63) is 40.6 Å². The Kier molecular flexibility index (Phi) is 3.13. The molecule has 1 aliphatic heterocycles. The summed E-state index contributed by atoms with van der Waals surface area (Å²) in [7, 11) is 1.70. The summed E-state index contributed by atoms with van der Waals surface area (Å²) in [5, 5.41) is 20.1. The highest BCUT2D eigenvalue weighted by Crippen LogP contribution is 2.47. The molecule has 3 aromatic rings. The molecule has 11 heteroatoms. The Morgan fingerprint density at radius 2 is 2.10 bits per heavy atom. The Morgan fingerprint density at radius 1 is 1.28 bits per heavy atom. The van der Waals surface area contributed by atoms with Crippen molar-refractivity contribution in [3.8, 4) is 11.3 Å². The van der Waals surface area contributed by atoms with Crippen molar-refractivity contribution >= 4 is 34.6 Å². The molecule has 9 nitrogen and oxygen atoms in total. The van der Waals surface area contributed by atoms with Gasteiger partial charge in [-0.15, -0.1) is 10.2 Å². The van der Waals surface area contributed by atoms with Gasteiger partial charge in [-0.2, -0.15) is 15.0 Å². The molecule has 2 aromatic heterocycles. The highest BCUT2D eigenvalue weighted by atomic mass is 35.5. The molecule has 150 valence electrons. The van der Waals surface area contributed by atoms with E-state index in [9.17, 15) is 9.18 Å². The standard InChI is InChI=1S/C18H18ClFN8O/c1-8-14-15(26-28(4)25-14)10-5-9(20)6-12(17(10)27(8)3)22-11-7-13(19)23-24-16(11)18(29)21-2/h5-8H,1-4H3,(H,21,29)(H,22,23)/i2D3,4D3. The summed E-state index contributed by atoms with van der Waals surface area (Å²) < 4.78 is 59.3. The quantitative estimate of drug-likeness (QED) is 0.669. The fraction of sp³-hybridized carbons (Fsp3) is 0.278. The summed E-state index contributed by atoms with van der Waals surface area (Å²) in [6.07, 6.45) is 0. The van der Waals surface area contributed by atoms with Gasteiger partial charge < -0.3 is 15.5 Å². The lowest BCUT2D eigenvalue weighted by molar-refractivity contribution is 0.0958. The van der Waals surface area contributed by atoms with Crippen LogP contribution in [0.3, 0.4) is 0 Å². The molecule has 29 heavy (non-hydrogen) atoms. The van der Waals surface area contributed by atoms with Gasteiger partial charge in [0.1, 0.15) is 17.2 Å². The number of halogens is 2. The van der Waals surface area contributed by atoms with Gasteiger partial charge in [-0.25, -0.2) is 4.39 Å². The van der Waals surface area contributed by atoms with Gasteiger partial charge in [0.2, 0.25) is 0 Å². The number of carbonyl (C=O) groups is 1. The van der Waals surface area contributed by atoms with E-state index in [0.717, 1.165) is 6.07 Å². The SMILES string of the molecule is [2H]C([2H])([2H])NC(=O)c1nnc(Cl)cc1Nc1cc(F)cc2c1N(C)C(C)c1nn(C([2H])([2H])[2H])nc1-2. The van der Waals surface area contributed by atoms with Crippen LogP contribution in [0.25, 0.3) is 11.3 Å². The van der Waals surface area contributed by atoms with E-state index >= 15 is 0 Å². The van der Waals surface area contributed by atoms with Crippen molar-refractivity contribution in [3.63, 3.8) is 0 Å². The monoisotopic (exact) mass is 422 g/mol. The van der Waals surface area contributed by atoms with Crippen LogP contribution in [0.15, 0.2) is 18.2 Å². The summed E-state index contributed by atoms with van der Waals surface area (Å²) in [5.74, 6) is -1.74. The van der Waals surface area contributed by atoms with E-state index in [4.69, 9.17) is 19.8 Å². The number of aryl methyl sites for hydroxylation is 1. The zero-order chi connectivity index (χ0) is 25.9. The molecule has 1 aromatic carbocycles. The Balaban J connectivity index is 1.85. The maximum atomic E-state index is 14.7. The number of benzene rings is 1. The van der Waals surface area contributed by atoms with Gasteiger partial charge in [0.25, 0.3) is 5.91 Å². The van der Waals surface area contributed by atoms with E-state index in [-0.39, 0.29) is 33.5 Å². The highest BCUT2D eigenvalue weighted by molar-refractivity contribution is 6.29. The number of anilines is 3. The molecule has 1 aliphatic rings. The number of hydrogen-bond donors (Lipinski definition) is 2. The summed E-state index contributed by atoms with van der Waals surface area (Å²) >= 11 is 5.94. The molecule has 0 fully saturated rings. The van der Waals surface area contributed by atoms with E-state index in [1.807, 2.05) is 5.32 Å². The largest absolute Gasteiger partial charge is 0.364 e. The molecule has 2 N–H and O–H groups in total. The first-order valence-electron chi connectivity index (χ1n) is 11.3. The second-order valence-electron chi connectivity index (χ2n) is 6.37. The number of fused-ring (bicyclic) bond motifs is 3. The second kappa shape index (κ2) is 6.96. The summed E-state index contributed by atoms with van der Waals surface area (Å²) in [4.78, 5) is 14.8. The van der Waals surface area contributed by atoms with Crippen LogP contribution in [0.5, 0.6) is 0 Å². The summed E-state index contributed by atoms with van der Waals surface area (Å²) in [6.45, 7) is -3.64. The van der Waals surface area contributed by atoms with Crippen LogP contribution in [0.4, 0.5) is 21.5 Å². The van der Waals surface area contributed by atoms with Crippen LogP contribution in [-0.4, -0.2) is 45.1 Å². The molecule has 0 spiro atoms. The third kappa shape index (κ3) is 3.15. The first-order chi connectivity index (χ1) is 16.2. The van der Waals surface area contributed by atoms with E-state index < -0.39 is 31.7 Å². The summed E-state index contributed by atoms with van der Waals surface area (Å²) in [6, 6.07) is 3.14. The predicted molar refractivity (Wildman–Crippen MR) is 107 cm³/mol. The number of nitrogens with zero attached hydrogens (tertiary/aromatic N) is 6. The number of rotatable bonds is 3. The molecule has 0 saturated heterocycles. The maximum absolute atomic E-state index is 14.7. The molecule has 0 saturated carbocycles. The van der Waals surface area contributed by atoms with Crippen molar-refractivity contribution in [1.29, 1.82) is 0 Å². The van der Waals surface area contributed by atoms with Crippen molar-refractivity contribution in [1.82, 2.24) is 30.5 Å². The van der Waals surface area contributed by atoms with Gasteiger partial charge in [0, 0.05) is 40.9 Å². The van der Waals surface area contributed by atoms with Gasteiger partial charge in [0.05, 0.1) is 23.1 Å². The minimum Gasteiger partial charge on any atom is -0.364 e. The smallest absolute Gasteiger partial charge is 0.273 e. The molecule has 0 radical (unpaired) electrons. The lowest BCUT2D eigenvalue weighted by atomic mass is 9.96. The van der Waals surface area contributed by atoms with E-state index in [1.165, 1.54) is 12.1 Å². The zero-order valence-corrected chi connectivity index (χ0v) is 15.9. The van der Waals surface area contributed by atoms with Gasteiger partial charge in [-0.1, -0.05) is 11.6 Å². The predicted octanol–water partition coefficient (Wildman–Crippen LogP) is 2.68. The maximum Gasteiger partial charge on any atom is 0.273 e. The second-order valence-corrected chi connectivity index (χ2v) is 6.76. The fourth-order valence-corrected chi connectivity index (χ4v) is 3.41. The fourth-order valence-electron chi connectivity index (χ4n) is 3.26. The Labute approximate surface area is 179 Å². The average Bonchev–Trinajstić information content (AvgIpc) is 3.17. The average molecular weight is 423 g/mol. The molecule has 1 atom stereocenters. The lowest BCUT2D eigenvalue weighted by Crippen LogP contribution is -2.27. The molecular weight excluding hydrogens is 399 g/mol. The number of amides is 1. The zero-order valence-electron chi connectivity index (χ0n) is 21.2. The molecule has 1 unspecified atom stereocenters. The lowest BCUT2D eigenvalue weighted by Gasteiger charge is -2.34. The number of nitrogens with one attached hydrogen (secondary N) is 2. The summed E-state index contributed by atoms with van der Waals surface area (Å²) in [5.41, 5.74) is 0.978. The Bertz CT molecular complexity index is 1330. The van der Waals surface area contributed by atoms with Crippen molar-refractivity contribution < 1.29 is 17.4 Å². The van der Waals surface area contributed by atoms with Gasteiger partial charge in [-0.3, -0.25) is 4.79 Å². The molecule has 1 amide bonds. The molecule has 0 aliphatic carbocycles. The van der Waals surface area contributed by atoms with Crippen molar-refractivity contribution in [2.24, 2.45) is 6.98 Å². The van der Waals surface area contributed by atoms with E-state index in [0.29, 0.717) is 16.2 Å². The van der Waals surface area contributed by atoms with Crippen molar-refractivity contribution in [2.45, 2.75) is 13.0 Å². The Hall–Kier alpha value is -3.27. The van der Waals surface area contributed by atoms with Crippen LogP contribution in [0.1, 0.15) is 37.4 Å². The third-order valence-electron chi connectivity index (χ3n) is 4.66. The normalized spacial score (nSPS) is 18.9. The molecule has 3 heterocycles. The van der Waals surface area contributed by atoms with Crippen LogP contribution < -0.4 is 15.5 Å². The van der Waals surface area contributed by atoms with Gasteiger partial charge in [-0.05, 0) is 19.1 Å². The molecule has 0 bridgehead atoms. The van der Waals surface area contributed by atoms with Gasteiger partial charge in [0.15, 0.2) is 10.8 Å². The first-order valence-corrected chi connectivity index (χ1v) is 8.71. The Morgan fingerprint density at radius 3 is 2.86 bits per heavy atom. The first kappa shape index (κ1) is 13.0. The minimum atomic E-state index is -2.78. The topological polar surface area (TPSA) is 101 Å². The number of aromatic nitrogens is 5. The molecule has 4 rings (SSSR count). The number of hydrogen-bond acceptors (Lipinski definition) is 7. The van der Waals surface area contributed by atoms with Crippen LogP contribution in [-0.2, 0) is 6.98 Å². The van der Waals surface area contributed by atoms with Crippen LogP contribution >= 0.6 is 11.6 Å². The van der Waals surface area contributed by atoms with E-state index in [2.05, 4.69) is 25.7 Å². The minimum absolute atomic E-state index is 0.0301. The van der Waals surface area contributed by atoms with E-state index in [1.54, 1.807) is 18.9 Å².